The summed E-state index contributed by atoms with van der Waals surface area (Å²) in [6, 6.07) is 0. The van der Waals surface area contributed by atoms with Crippen LogP contribution in [0, 0.1) is 0 Å². The van der Waals surface area contributed by atoms with Crippen molar-refractivity contribution in [1.82, 2.24) is 9.32 Å². The summed E-state index contributed by atoms with van der Waals surface area (Å²) >= 11 is 5.70. The highest BCUT2D eigenvalue weighted by Gasteiger charge is 2.17. The van der Waals surface area contributed by atoms with Crippen LogP contribution in [0.1, 0.15) is 0 Å². The first-order valence-electron chi connectivity index (χ1n) is 3.56. The van der Waals surface area contributed by atoms with Gasteiger partial charge in [0.1, 0.15) is 0 Å². The summed E-state index contributed by atoms with van der Waals surface area (Å²) in [6.45, 7) is 6.30. The van der Waals surface area contributed by atoms with Gasteiger partial charge in [0.2, 0.25) is 5.91 Å². The number of hydrogen-bond acceptors (Lipinski definition) is 2. The maximum Gasteiger partial charge on any atom is 0.246 e. The largest absolute Gasteiger partial charge is 0.337 e. The zero-order valence-corrected chi connectivity index (χ0v) is 7.05. The van der Waals surface area contributed by atoms with Crippen LogP contribution in [-0.2, 0) is 4.79 Å². The second kappa shape index (κ2) is 3.74. The Bertz CT molecular complexity index is 164. The molecule has 0 spiro atoms. The van der Waals surface area contributed by atoms with Crippen LogP contribution >= 0.6 is 11.8 Å². The Hall–Kier alpha value is -0.540. The highest BCUT2D eigenvalue weighted by Crippen LogP contribution is 2.03. The van der Waals surface area contributed by atoms with Crippen molar-refractivity contribution in [2.45, 2.75) is 0 Å². The van der Waals surface area contributed by atoms with Crippen molar-refractivity contribution in [3.63, 3.8) is 0 Å². The molecule has 1 fully saturated rings. The van der Waals surface area contributed by atoms with Crippen molar-refractivity contribution in [3.05, 3.63) is 12.7 Å². The number of halogens is 1. The maximum atomic E-state index is 11.0. The van der Waals surface area contributed by atoms with Gasteiger partial charge in [0.05, 0.1) is 0 Å². The molecule has 62 valence electrons. The molecule has 0 atom stereocenters. The number of piperazine rings is 1. The van der Waals surface area contributed by atoms with Gasteiger partial charge in [0.15, 0.2) is 0 Å². The fourth-order valence-corrected chi connectivity index (χ4v) is 1.18. The van der Waals surface area contributed by atoms with E-state index >= 15 is 0 Å². The molecule has 3 nitrogen and oxygen atoms in total. The van der Waals surface area contributed by atoms with Gasteiger partial charge in [-0.1, -0.05) is 6.58 Å². The van der Waals surface area contributed by atoms with E-state index in [0.717, 1.165) is 13.1 Å². The molecule has 0 aromatic rings. The lowest BCUT2D eigenvalue weighted by Gasteiger charge is -2.29. The van der Waals surface area contributed by atoms with Gasteiger partial charge in [-0.2, -0.15) is 0 Å². The molecule has 1 aliphatic rings. The zero-order chi connectivity index (χ0) is 8.27. The van der Waals surface area contributed by atoms with Gasteiger partial charge in [-0.15, -0.1) is 0 Å². The lowest BCUT2D eigenvalue weighted by atomic mass is 10.3. The monoisotopic (exact) mass is 174 g/mol. The van der Waals surface area contributed by atoms with E-state index in [1.54, 1.807) is 9.32 Å². The molecule has 0 aromatic carbocycles. The SMILES string of the molecule is C=CC(=O)N1CCN(Cl)CC1. The smallest absolute Gasteiger partial charge is 0.246 e. The number of nitrogens with zero attached hydrogens (tertiary/aromatic N) is 2. The van der Waals surface area contributed by atoms with Crippen LogP contribution in [0.5, 0.6) is 0 Å². The topological polar surface area (TPSA) is 23.6 Å². The van der Waals surface area contributed by atoms with E-state index in [2.05, 4.69) is 6.58 Å². The lowest BCUT2D eigenvalue weighted by Crippen LogP contribution is -2.44. The van der Waals surface area contributed by atoms with Crippen molar-refractivity contribution < 1.29 is 4.79 Å². The predicted octanol–water partition coefficient (Wildman–Crippen LogP) is 0.470. The number of hydrogen-bond donors (Lipinski definition) is 0. The Balaban J connectivity index is 2.38. The first kappa shape index (κ1) is 8.56. The molecular formula is C7H11ClN2O. The van der Waals surface area contributed by atoms with Gasteiger partial charge in [-0.3, -0.25) is 4.79 Å². The zero-order valence-electron chi connectivity index (χ0n) is 6.29. The second-order valence-electron chi connectivity index (χ2n) is 2.44. The molecule has 0 bridgehead atoms. The van der Waals surface area contributed by atoms with Crippen molar-refractivity contribution in [2.75, 3.05) is 26.2 Å². The van der Waals surface area contributed by atoms with Gasteiger partial charge in [0.25, 0.3) is 0 Å². The minimum atomic E-state index is -0.00485. The molecule has 4 heteroatoms. The highest BCUT2D eigenvalue weighted by molar-refractivity contribution is 6.13. The minimum absolute atomic E-state index is 0.00485. The van der Waals surface area contributed by atoms with Crippen LogP contribution in [0.4, 0.5) is 0 Å². The van der Waals surface area contributed by atoms with Crippen LogP contribution in [0.2, 0.25) is 0 Å². The normalized spacial score (nSPS) is 19.9. The Labute approximate surface area is 71.3 Å². The fraction of sp³-hybridized carbons (Fsp3) is 0.571. The van der Waals surface area contributed by atoms with E-state index in [4.69, 9.17) is 11.8 Å². The number of carbonyl (C=O) groups excluding carboxylic acids is 1. The third kappa shape index (κ3) is 2.20. The molecule has 0 unspecified atom stereocenters. The van der Waals surface area contributed by atoms with Gasteiger partial charge in [-0.05, 0) is 17.9 Å². The van der Waals surface area contributed by atoms with Crippen molar-refractivity contribution >= 4 is 17.7 Å². The third-order valence-electron chi connectivity index (χ3n) is 1.71. The maximum absolute atomic E-state index is 11.0. The summed E-state index contributed by atoms with van der Waals surface area (Å²) in [6.07, 6.45) is 1.34. The summed E-state index contributed by atoms with van der Waals surface area (Å²) < 4.78 is 1.69. The molecule has 0 aromatic heterocycles. The van der Waals surface area contributed by atoms with E-state index in [9.17, 15) is 4.79 Å². The van der Waals surface area contributed by atoms with Gasteiger partial charge >= 0.3 is 0 Å². The van der Waals surface area contributed by atoms with Crippen LogP contribution in [0.3, 0.4) is 0 Å². The van der Waals surface area contributed by atoms with E-state index in [1.165, 1.54) is 6.08 Å². The van der Waals surface area contributed by atoms with Crippen LogP contribution in [0.25, 0.3) is 0 Å². The first-order chi connectivity index (χ1) is 5.24. The van der Waals surface area contributed by atoms with E-state index < -0.39 is 0 Å². The Morgan fingerprint density at radius 1 is 1.36 bits per heavy atom. The van der Waals surface area contributed by atoms with Crippen LogP contribution < -0.4 is 0 Å². The average molecular weight is 175 g/mol. The Morgan fingerprint density at radius 2 is 1.91 bits per heavy atom. The average Bonchev–Trinajstić information content (AvgIpc) is 2.05. The minimum Gasteiger partial charge on any atom is -0.337 e. The summed E-state index contributed by atoms with van der Waals surface area (Å²) in [7, 11) is 0. The molecule has 0 saturated carbocycles. The van der Waals surface area contributed by atoms with E-state index in [1.807, 2.05) is 0 Å². The molecule has 0 aliphatic carbocycles. The molecule has 1 aliphatic heterocycles. The summed E-state index contributed by atoms with van der Waals surface area (Å²) in [4.78, 5) is 12.8. The van der Waals surface area contributed by atoms with Crippen molar-refractivity contribution in [3.8, 4) is 0 Å². The predicted molar refractivity (Wildman–Crippen MR) is 44.2 cm³/mol. The highest BCUT2D eigenvalue weighted by atomic mass is 35.5. The molecule has 1 saturated heterocycles. The molecule has 0 radical (unpaired) electrons. The third-order valence-corrected chi connectivity index (χ3v) is 2.05. The van der Waals surface area contributed by atoms with Gasteiger partial charge < -0.3 is 4.90 Å². The Morgan fingerprint density at radius 3 is 2.36 bits per heavy atom. The van der Waals surface area contributed by atoms with Gasteiger partial charge in [0, 0.05) is 26.2 Å². The summed E-state index contributed by atoms with van der Waals surface area (Å²) in [5, 5.41) is 0. The lowest BCUT2D eigenvalue weighted by molar-refractivity contribution is -0.127. The second-order valence-corrected chi connectivity index (χ2v) is 2.92. The molecule has 11 heavy (non-hydrogen) atoms. The van der Waals surface area contributed by atoms with Crippen molar-refractivity contribution in [1.29, 1.82) is 0 Å². The summed E-state index contributed by atoms with van der Waals surface area (Å²) in [5.74, 6) is -0.00485. The number of rotatable bonds is 1. The van der Waals surface area contributed by atoms with Crippen LogP contribution in [0.15, 0.2) is 12.7 Å². The molecular weight excluding hydrogens is 164 g/mol. The Kier molecular flexibility index (Phi) is 2.91. The van der Waals surface area contributed by atoms with Gasteiger partial charge in [-0.25, -0.2) is 4.42 Å². The van der Waals surface area contributed by atoms with Crippen LogP contribution in [-0.4, -0.2) is 41.4 Å². The molecule has 1 rings (SSSR count). The van der Waals surface area contributed by atoms with E-state index in [0.29, 0.717) is 13.1 Å². The quantitative estimate of drug-likeness (QED) is 0.426. The molecule has 1 amide bonds. The summed E-state index contributed by atoms with van der Waals surface area (Å²) in [5.41, 5.74) is 0. The number of amides is 1. The first-order valence-corrected chi connectivity index (χ1v) is 3.90. The van der Waals surface area contributed by atoms with Crippen molar-refractivity contribution in [2.24, 2.45) is 0 Å². The van der Waals surface area contributed by atoms with E-state index in [-0.39, 0.29) is 5.91 Å². The number of carbonyl (C=O) groups is 1. The molecule has 0 N–H and O–H groups in total. The fourth-order valence-electron chi connectivity index (χ4n) is 1.03. The standard InChI is InChI=1S/C7H11ClN2O/c1-2-7(11)9-3-5-10(8)6-4-9/h2H,1,3-6H2. The molecule has 1 heterocycles.